The van der Waals surface area contributed by atoms with Crippen molar-refractivity contribution in [2.24, 2.45) is 0 Å². The van der Waals surface area contributed by atoms with E-state index < -0.39 is 11.1 Å². The number of nitrogens with zero attached hydrogens (tertiary/aromatic N) is 2. The van der Waals surface area contributed by atoms with Crippen LogP contribution in [0.25, 0.3) is 6.08 Å². The highest BCUT2D eigenvalue weighted by Gasteiger charge is 2.37. The molecule has 8 heteroatoms. The van der Waals surface area contributed by atoms with Crippen molar-refractivity contribution in [3.8, 4) is 11.5 Å². The molecule has 29 heavy (non-hydrogen) atoms. The molecular weight excluding hydrogens is 392 g/mol. The first kappa shape index (κ1) is 21.2. The Hall–Kier alpha value is -2.48. The number of imide groups is 1. The highest BCUT2D eigenvalue weighted by molar-refractivity contribution is 8.18. The number of aryl methyl sites for hydroxylation is 1. The first-order valence-corrected chi connectivity index (χ1v) is 10.5. The van der Waals surface area contributed by atoms with Crippen LogP contribution in [-0.4, -0.2) is 60.7 Å². The van der Waals surface area contributed by atoms with Crippen LogP contribution in [0, 0.1) is 6.92 Å². The first-order chi connectivity index (χ1) is 13.9. The summed E-state index contributed by atoms with van der Waals surface area (Å²) in [4.78, 5) is 40.9. The molecule has 1 aromatic carbocycles. The van der Waals surface area contributed by atoms with Gasteiger partial charge in [0.25, 0.3) is 11.1 Å². The van der Waals surface area contributed by atoms with Gasteiger partial charge < -0.3 is 14.4 Å². The Balaban J connectivity index is 1.77. The lowest BCUT2D eigenvalue weighted by Gasteiger charge is -2.22. The number of carbonyl (C=O) groups excluding carboxylic acids is 3. The van der Waals surface area contributed by atoms with E-state index >= 15 is 0 Å². The van der Waals surface area contributed by atoms with Gasteiger partial charge in [-0.05, 0) is 60.9 Å². The van der Waals surface area contributed by atoms with Gasteiger partial charge in [0.1, 0.15) is 6.54 Å². The SMILES string of the molecule is COc1cc(C)c(/C=C2\SC(=O)N(CC(=O)N3CCCCCC3)C2=O)cc1OC. The summed E-state index contributed by atoms with van der Waals surface area (Å²) < 4.78 is 10.6. The molecule has 1 aromatic rings. The van der Waals surface area contributed by atoms with Gasteiger partial charge in [0, 0.05) is 13.1 Å². The third kappa shape index (κ3) is 4.75. The first-order valence-electron chi connectivity index (χ1n) is 9.70. The van der Waals surface area contributed by atoms with Gasteiger partial charge in [0.05, 0.1) is 19.1 Å². The van der Waals surface area contributed by atoms with Crippen LogP contribution >= 0.6 is 11.8 Å². The number of amides is 3. The summed E-state index contributed by atoms with van der Waals surface area (Å²) in [6.07, 6.45) is 5.81. The summed E-state index contributed by atoms with van der Waals surface area (Å²) in [5, 5.41) is -0.414. The molecule has 3 rings (SSSR count). The molecule has 0 aliphatic carbocycles. The smallest absolute Gasteiger partial charge is 0.294 e. The Bertz CT molecular complexity index is 844. The molecule has 2 aliphatic heterocycles. The summed E-state index contributed by atoms with van der Waals surface area (Å²) in [5.41, 5.74) is 1.64. The monoisotopic (exact) mass is 418 g/mol. The average molecular weight is 419 g/mol. The van der Waals surface area contributed by atoms with Crippen molar-refractivity contribution in [3.63, 3.8) is 0 Å². The molecule has 0 unspecified atom stereocenters. The van der Waals surface area contributed by atoms with Crippen LogP contribution < -0.4 is 9.47 Å². The van der Waals surface area contributed by atoms with E-state index in [0.29, 0.717) is 29.5 Å². The van der Waals surface area contributed by atoms with Crippen LogP contribution in [-0.2, 0) is 9.59 Å². The van der Waals surface area contributed by atoms with E-state index in [-0.39, 0.29) is 12.5 Å². The van der Waals surface area contributed by atoms with E-state index in [0.717, 1.165) is 53.5 Å². The van der Waals surface area contributed by atoms with Gasteiger partial charge in [-0.3, -0.25) is 19.3 Å². The molecular formula is C21H26N2O5S. The summed E-state index contributed by atoms with van der Waals surface area (Å²) in [6, 6.07) is 3.59. The second-order valence-electron chi connectivity index (χ2n) is 7.13. The van der Waals surface area contributed by atoms with Gasteiger partial charge in [0.15, 0.2) is 11.5 Å². The molecule has 156 valence electrons. The minimum atomic E-state index is -0.433. The van der Waals surface area contributed by atoms with E-state index in [1.54, 1.807) is 31.3 Å². The quantitative estimate of drug-likeness (QED) is 0.682. The second kappa shape index (κ2) is 9.35. The Labute approximate surface area is 175 Å². The number of methoxy groups -OCH3 is 2. The Morgan fingerprint density at radius 1 is 1.07 bits per heavy atom. The summed E-state index contributed by atoms with van der Waals surface area (Å²) in [5.74, 6) is 0.535. The number of hydrogen-bond acceptors (Lipinski definition) is 6. The zero-order valence-corrected chi connectivity index (χ0v) is 17.8. The lowest BCUT2D eigenvalue weighted by molar-refractivity contribution is -0.135. The highest BCUT2D eigenvalue weighted by atomic mass is 32.2. The molecule has 2 fully saturated rings. The lowest BCUT2D eigenvalue weighted by atomic mass is 10.1. The molecule has 0 bridgehead atoms. The summed E-state index contributed by atoms with van der Waals surface area (Å²) in [7, 11) is 3.10. The van der Waals surface area contributed by atoms with Crippen molar-refractivity contribution in [1.29, 1.82) is 0 Å². The number of thioether (sulfide) groups is 1. The van der Waals surface area contributed by atoms with Gasteiger partial charge in [-0.2, -0.15) is 0 Å². The van der Waals surface area contributed by atoms with E-state index in [2.05, 4.69) is 0 Å². The van der Waals surface area contributed by atoms with Crippen LogP contribution in [0.15, 0.2) is 17.0 Å². The van der Waals surface area contributed by atoms with Crippen molar-refractivity contribution < 1.29 is 23.9 Å². The van der Waals surface area contributed by atoms with Crippen LogP contribution in [0.4, 0.5) is 4.79 Å². The van der Waals surface area contributed by atoms with Gasteiger partial charge in [-0.1, -0.05) is 12.8 Å². The van der Waals surface area contributed by atoms with Crippen molar-refractivity contribution >= 4 is 34.9 Å². The molecule has 0 spiro atoms. The minimum absolute atomic E-state index is 0.169. The van der Waals surface area contributed by atoms with Crippen LogP contribution in [0.5, 0.6) is 11.5 Å². The molecule has 0 atom stereocenters. The fraction of sp³-hybridized carbons (Fsp3) is 0.476. The van der Waals surface area contributed by atoms with Gasteiger partial charge in [-0.15, -0.1) is 0 Å². The lowest BCUT2D eigenvalue weighted by Crippen LogP contribution is -2.42. The molecule has 2 saturated heterocycles. The Morgan fingerprint density at radius 3 is 2.31 bits per heavy atom. The molecule has 2 heterocycles. The largest absolute Gasteiger partial charge is 0.493 e. The summed E-state index contributed by atoms with van der Waals surface area (Å²) >= 11 is 0.857. The minimum Gasteiger partial charge on any atom is -0.493 e. The maximum absolute atomic E-state index is 12.8. The maximum Gasteiger partial charge on any atom is 0.294 e. The van der Waals surface area contributed by atoms with E-state index in [1.165, 1.54) is 0 Å². The maximum atomic E-state index is 12.8. The van der Waals surface area contributed by atoms with Crippen molar-refractivity contribution in [3.05, 3.63) is 28.2 Å². The van der Waals surface area contributed by atoms with Crippen molar-refractivity contribution in [1.82, 2.24) is 9.80 Å². The van der Waals surface area contributed by atoms with Crippen molar-refractivity contribution in [2.75, 3.05) is 33.9 Å². The number of rotatable bonds is 5. The molecule has 0 aromatic heterocycles. The molecule has 0 N–H and O–H groups in total. The van der Waals surface area contributed by atoms with Crippen LogP contribution in [0.1, 0.15) is 36.8 Å². The highest BCUT2D eigenvalue weighted by Crippen LogP contribution is 2.36. The molecule has 2 aliphatic rings. The average Bonchev–Trinajstić information content (AvgIpc) is 2.91. The zero-order valence-electron chi connectivity index (χ0n) is 17.0. The van der Waals surface area contributed by atoms with Gasteiger partial charge >= 0.3 is 0 Å². The van der Waals surface area contributed by atoms with Crippen molar-refractivity contribution in [2.45, 2.75) is 32.6 Å². The number of ether oxygens (including phenoxy) is 2. The third-order valence-electron chi connectivity index (χ3n) is 5.18. The van der Waals surface area contributed by atoms with Gasteiger partial charge in [0.2, 0.25) is 5.91 Å². The van der Waals surface area contributed by atoms with E-state index in [9.17, 15) is 14.4 Å². The second-order valence-corrected chi connectivity index (χ2v) is 8.12. The number of carbonyl (C=O) groups is 3. The van der Waals surface area contributed by atoms with Gasteiger partial charge in [-0.25, -0.2) is 0 Å². The third-order valence-corrected chi connectivity index (χ3v) is 6.09. The predicted octanol–water partition coefficient (Wildman–Crippen LogP) is 3.45. The predicted molar refractivity (Wildman–Crippen MR) is 112 cm³/mol. The zero-order chi connectivity index (χ0) is 21.0. The topological polar surface area (TPSA) is 76.2 Å². The molecule has 7 nitrogen and oxygen atoms in total. The fourth-order valence-electron chi connectivity index (χ4n) is 3.48. The summed E-state index contributed by atoms with van der Waals surface area (Å²) in [6.45, 7) is 3.07. The van der Waals surface area contributed by atoms with Crippen LogP contribution in [0.3, 0.4) is 0 Å². The molecule has 0 saturated carbocycles. The fourth-order valence-corrected chi connectivity index (χ4v) is 4.31. The normalized spacial score (nSPS) is 18.9. The molecule has 0 radical (unpaired) electrons. The molecule has 3 amide bonds. The number of benzene rings is 1. The Morgan fingerprint density at radius 2 is 1.69 bits per heavy atom. The van der Waals surface area contributed by atoms with E-state index in [1.807, 2.05) is 13.0 Å². The van der Waals surface area contributed by atoms with Crippen LogP contribution in [0.2, 0.25) is 0 Å². The number of hydrogen-bond donors (Lipinski definition) is 0. The standard InChI is InChI=1S/C21H26N2O5S/c1-14-10-16(27-2)17(28-3)11-15(14)12-18-20(25)23(21(26)29-18)13-19(24)22-8-6-4-5-7-9-22/h10-12H,4-9,13H2,1-3H3/b18-12-. The Kier molecular flexibility index (Phi) is 6.84. The number of likely N-dealkylation sites (tertiary alicyclic amines) is 1. The van der Waals surface area contributed by atoms with E-state index in [4.69, 9.17) is 9.47 Å².